The molecule has 0 aromatic heterocycles. The molecule has 2 aliphatic carbocycles. The molecule has 212 valence electrons. The maximum Gasteiger partial charge on any atom is 0.309 e. The van der Waals surface area contributed by atoms with E-state index >= 15 is 0 Å². The van der Waals surface area contributed by atoms with Crippen molar-refractivity contribution in [2.75, 3.05) is 20.8 Å². The summed E-state index contributed by atoms with van der Waals surface area (Å²) in [6.45, 7) is 8.28. The molecule has 10 heteroatoms. The quantitative estimate of drug-likeness (QED) is 0.437. The van der Waals surface area contributed by atoms with Gasteiger partial charge in [0.2, 0.25) is 5.91 Å². The van der Waals surface area contributed by atoms with E-state index in [-0.39, 0.29) is 40.6 Å². The van der Waals surface area contributed by atoms with Crippen molar-refractivity contribution in [3.05, 3.63) is 23.5 Å². The van der Waals surface area contributed by atoms with Gasteiger partial charge in [-0.3, -0.25) is 14.4 Å². The summed E-state index contributed by atoms with van der Waals surface area (Å²) < 4.78 is 31.5. The predicted octanol–water partition coefficient (Wildman–Crippen LogP) is 3.93. The molecule has 0 saturated heterocycles. The van der Waals surface area contributed by atoms with Gasteiger partial charge in [0.05, 0.1) is 36.2 Å². The van der Waals surface area contributed by atoms with E-state index in [4.69, 9.17) is 14.2 Å². The van der Waals surface area contributed by atoms with Crippen molar-refractivity contribution in [1.29, 1.82) is 0 Å². The lowest BCUT2D eigenvalue weighted by Crippen LogP contribution is -2.45. The number of halogens is 1. The van der Waals surface area contributed by atoms with Crippen LogP contribution in [-0.2, 0) is 14.3 Å². The molecule has 3 rings (SSSR count). The highest BCUT2D eigenvalue weighted by Crippen LogP contribution is 2.39. The van der Waals surface area contributed by atoms with Gasteiger partial charge in [-0.2, -0.15) is 0 Å². The van der Waals surface area contributed by atoms with Crippen LogP contribution in [0.15, 0.2) is 12.1 Å². The molecule has 38 heavy (non-hydrogen) atoms. The summed E-state index contributed by atoms with van der Waals surface area (Å²) in [4.78, 5) is 37.9. The lowest BCUT2D eigenvalue weighted by Gasteiger charge is -2.34. The Morgan fingerprint density at radius 3 is 2.29 bits per heavy atom. The van der Waals surface area contributed by atoms with E-state index in [1.165, 1.54) is 13.2 Å². The lowest BCUT2D eigenvalue weighted by molar-refractivity contribution is -0.150. The molecule has 2 aliphatic rings. The van der Waals surface area contributed by atoms with E-state index in [0.29, 0.717) is 45.1 Å². The molecule has 0 bridgehead atoms. The van der Waals surface area contributed by atoms with Crippen LogP contribution >= 0.6 is 0 Å². The van der Waals surface area contributed by atoms with Gasteiger partial charge in [-0.15, -0.1) is 0 Å². The van der Waals surface area contributed by atoms with Crippen LogP contribution in [-0.4, -0.2) is 61.9 Å². The molecule has 1 aromatic rings. The topological polar surface area (TPSA) is 123 Å². The smallest absolute Gasteiger partial charge is 0.309 e. The monoisotopic (exact) mass is 536 g/mol. The van der Waals surface area contributed by atoms with Crippen molar-refractivity contribution in [3.63, 3.8) is 0 Å². The molecule has 2 fully saturated rings. The highest BCUT2D eigenvalue weighted by Gasteiger charge is 2.41. The number of methoxy groups -OCH3 is 2. The first-order valence-corrected chi connectivity index (χ1v) is 13.2. The van der Waals surface area contributed by atoms with E-state index in [2.05, 4.69) is 10.6 Å². The molecule has 3 atom stereocenters. The first-order valence-electron chi connectivity index (χ1n) is 13.2. The average Bonchev–Trinajstić information content (AvgIpc) is 3.27. The zero-order valence-corrected chi connectivity index (χ0v) is 23.2. The fourth-order valence-electron chi connectivity index (χ4n) is 5.07. The first-order chi connectivity index (χ1) is 17.8. The third-order valence-electron chi connectivity index (χ3n) is 7.64. The maximum atomic E-state index is 14.9. The highest BCUT2D eigenvalue weighted by atomic mass is 19.1. The van der Waals surface area contributed by atoms with Crippen molar-refractivity contribution in [3.8, 4) is 11.5 Å². The molecule has 9 nitrogen and oxygen atoms in total. The zero-order valence-electron chi connectivity index (χ0n) is 23.2. The van der Waals surface area contributed by atoms with Crippen molar-refractivity contribution in [2.24, 2.45) is 16.7 Å². The molecule has 1 aromatic carbocycles. The summed E-state index contributed by atoms with van der Waals surface area (Å²) in [6, 6.07) is 1.94. The number of hydrogen-bond donors (Lipinski definition) is 3. The summed E-state index contributed by atoms with van der Waals surface area (Å²) in [5.74, 6) is -2.71. The second kappa shape index (κ2) is 11.9. The molecule has 0 unspecified atom stereocenters. The van der Waals surface area contributed by atoms with Gasteiger partial charge in [0, 0.05) is 25.8 Å². The number of carbonyl (C=O) groups excluding carboxylic acids is 2. The fourth-order valence-corrected chi connectivity index (χ4v) is 5.07. The number of aliphatic carboxylic acids is 1. The van der Waals surface area contributed by atoms with Gasteiger partial charge >= 0.3 is 5.97 Å². The Kier molecular flexibility index (Phi) is 9.28. The van der Waals surface area contributed by atoms with Crippen LogP contribution in [0.4, 0.5) is 4.39 Å². The lowest BCUT2D eigenvalue weighted by atomic mass is 9.75. The van der Waals surface area contributed by atoms with Gasteiger partial charge in [-0.25, -0.2) is 4.39 Å². The number of carboxylic acids is 1. The van der Waals surface area contributed by atoms with Crippen LogP contribution < -0.4 is 20.1 Å². The normalized spacial score (nSPS) is 27.4. The molecular formula is C28H41FN2O7. The molecule has 0 spiro atoms. The first kappa shape index (κ1) is 29.7. The van der Waals surface area contributed by atoms with E-state index in [0.717, 1.165) is 6.07 Å². The molecule has 2 saturated carbocycles. The molecule has 2 amide bonds. The minimum atomic E-state index is -0.849. The van der Waals surface area contributed by atoms with Gasteiger partial charge < -0.3 is 30.0 Å². The van der Waals surface area contributed by atoms with Crippen LogP contribution in [0.5, 0.6) is 11.5 Å². The summed E-state index contributed by atoms with van der Waals surface area (Å²) in [5.41, 5.74) is -0.818. The van der Waals surface area contributed by atoms with Crippen molar-refractivity contribution in [1.82, 2.24) is 10.6 Å². The van der Waals surface area contributed by atoms with Gasteiger partial charge in [0.15, 0.2) is 11.6 Å². The third-order valence-corrected chi connectivity index (χ3v) is 7.64. The Bertz CT molecular complexity index is 1030. The van der Waals surface area contributed by atoms with E-state index in [1.54, 1.807) is 14.0 Å². The van der Waals surface area contributed by atoms with Crippen molar-refractivity contribution in [2.45, 2.75) is 84.5 Å². The number of carboxylic acid groups (broad SMARTS) is 1. The number of carbonyl (C=O) groups is 3. The van der Waals surface area contributed by atoms with Crippen LogP contribution in [0, 0.1) is 22.6 Å². The minimum absolute atomic E-state index is 0.0458. The molecule has 3 N–H and O–H groups in total. The second-order valence-electron chi connectivity index (χ2n) is 12.0. The van der Waals surface area contributed by atoms with Crippen LogP contribution in [0.25, 0.3) is 0 Å². The third kappa shape index (κ3) is 7.15. The number of nitrogens with one attached hydrogen (secondary N) is 2. The van der Waals surface area contributed by atoms with E-state index < -0.39 is 35.1 Å². The number of rotatable bonds is 9. The Morgan fingerprint density at radius 1 is 1.08 bits per heavy atom. The highest BCUT2D eigenvalue weighted by molar-refractivity contribution is 5.98. The average molecular weight is 537 g/mol. The predicted molar refractivity (Wildman–Crippen MR) is 139 cm³/mol. The number of hydrogen-bond acceptors (Lipinski definition) is 6. The zero-order chi connectivity index (χ0) is 28.3. The SMILES string of the molecule is COc1cc(F)c(O[C@H]2CC[C@@](C)(C(=O)O)CC2)cc1C(=O)N[C@@H]1C[C@@H](OC)C[C@@H]1C(=O)NCC(C)(C)C. The van der Waals surface area contributed by atoms with Gasteiger partial charge in [0.1, 0.15) is 5.75 Å². The Balaban J connectivity index is 1.75. The molecule has 0 heterocycles. The summed E-state index contributed by atoms with van der Waals surface area (Å²) >= 11 is 0. The van der Waals surface area contributed by atoms with Gasteiger partial charge in [-0.1, -0.05) is 20.8 Å². The summed E-state index contributed by atoms with van der Waals surface area (Å²) in [7, 11) is 2.93. The van der Waals surface area contributed by atoms with Crippen molar-refractivity contribution >= 4 is 17.8 Å². The minimum Gasteiger partial charge on any atom is -0.496 e. The van der Waals surface area contributed by atoms with Crippen LogP contribution in [0.3, 0.4) is 0 Å². The summed E-state index contributed by atoms with van der Waals surface area (Å²) in [5, 5.41) is 15.4. The second-order valence-corrected chi connectivity index (χ2v) is 12.0. The van der Waals surface area contributed by atoms with Gasteiger partial charge in [-0.05, 0) is 56.9 Å². The molecule has 0 radical (unpaired) electrons. The largest absolute Gasteiger partial charge is 0.496 e. The number of ether oxygens (including phenoxy) is 3. The van der Waals surface area contributed by atoms with Crippen molar-refractivity contribution < 1.29 is 38.1 Å². The fraction of sp³-hybridized carbons (Fsp3) is 0.679. The molecular weight excluding hydrogens is 495 g/mol. The standard InChI is InChI=1S/C28H41FN2O7/c1-27(2,3)15-30-24(32)18-11-17(36-5)12-21(18)31-25(33)19-13-23(20(29)14-22(19)37-6)38-16-7-9-28(4,10-8-16)26(34)35/h13-14,16-18,21H,7-12,15H2,1-6H3,(H,30,32)(H,31,33)(H,34,35)/t16-,17-,18-,21+,28+/m0/s1. The molecule has 0 aliphatic heterocycles. The Morgan fingerprint density at radius 2 is 1.74 bits per heavy atom. The Labute approximate surface area is 223 Å². The van der Waals surface area contributed by atoms with E-state index in [9.17, 15) is 23.9 Å². The van der Waals surface area contributed by atoms with Crippen LogP contribution in [0.2, 0.25) is 0 Å². The van der Waals surface area contributed by atoms with Crippen LogP contribution in [0.1, 0.15) is 76.6 Å². The number of amides is 2. The van der Waals surface area contributed by atoms with Gasteiger partial charge in [0.25, 0.3) is 5.91 Å². The summed E-state index contributed by atoms with van der Waals surface area (Å²) in [6.07, 6.45) is 2.15. The maximum absolute atomic E-state index is 14.9. The number of benzene rings is 1. The Hall–Kier alpha value is -2.88. The van der Waals surface area contributed by atoms with E-state index in [1.807, 2.05) is 20.8 Å².